The van der Waals surface area contributed by atoms with Gasteiger partial charge in [0.1, 0.15) is 0 Å². The quantitative estimate of drug-likeness (QED) is 0.808. The van der Waals surface area contributed by atoms with E-state index in [1.165, 1.54) is 0 Å². The van der Waals surface area contributed by atoms with E-state index in [9.17, 15) is 9.90 Å². The SMILES string of the molecule is CCOc1ccc(C(=O)NCC2(O)CCC2)cc1OCC. The first-order chi connectivity index (χ1) is 10.1. The largest absolute Gasteiger partial charge is 0.490 e. The maximum absolute atomic E-state index is 12.1. The van der Waals surface area contributed by atoms with Crippen LogP contribution in [0.1, 0.15) is 43.5 Å². The number of amides is 1. The molecule has 0 atom stereocenters. The number of aliphatic hydroxyl groups is 1. The Balaban J connectivity index is 2.04. The van der Waals surface area contributed by atoms with E-state index in [2.05, 4.69) is 5.32 Å². The van der Waals surface area contributed by atoms with Gasteiger partial charge in [0, 0.05) is 12.1 Å². The van der Waals surface area contributed by atoms with Crippen LogP contribution < -0.4 is 14.8 Å². The molecule has 21 heavy (non-hydrogen) atoms. The molecular formula is C16H23NO4. The summed E-state index contributed by atoms with van der Waals surface area (Å²) in [5.74, 6) is 0.988. The molecule has 0 spiro atoms. The third-order valence-electron chi connectivity index (χ3n) is 3.67. The second-order valence-corrected chi connectivity index (χ2v) is 5.29. The summed E-state index contributed by atoms with van der Waals surface area (Å²) in [6, 6.07) is 5.11. The molecule has 0 saturated heterocycles. The number of nitrogens with one attached hydrogen (secondary N) is 1. The lowest BCUT2D eigenvalue weighted by Crippen LogP contribution is -2.47. The summed E-state index contributed by atoms with van der Waals surface area (Å²) < 4.78 is 11.0. The lowest BCUT2D eigenvalue weighted by molar-refractivity contribution is -0.0300. The standard InChI is InChI=1S/C16H23NO4/c1-3-20-13-7-6-12(10-14(13)21-4-2)15(18)17-11-16(19)8-5-9-16/h6-7,10,19H,3-5,8-9,11H2,1-2H3,(H,17,18). The van der Waals surface area contributed by atoms with Crippen LogP contribution in [0.4, 0.5) is 0 Å². The number of ether oxygens (including phenoxy) is 2. The van der Waals surface area contributed by atoms with Crippen molar-refractivity contribution in [1.82, 2.24) is 5.32 Å². The minimum absolute atomic E-state index is 0.209. The molecule has 1 aliphatic carbocycles. The second kappa shape index (κ2) is 6.80. The summed E-state index contributed by atoms with van der Waals surface area (Å²) in [5.41, 5.74) is -0.214. The Morgan fingerprint density at radius 3 is 2.48 bits per heavy atom. The summed E-state index contributed by atoms with van der Waals surface area (Å²) in [7, 11) is 0. The van der Waals surface area contributed by atoms with Gasteiger partial charge in [-0.3, -0.25) is 4.79 Å². The average Bonchev–Trinajstić information content (AvgIpc) is 2.45. The van der Waals surface area contributed by atoms with Gasteiger partial charge in [-0.25, -0.2) is 0 Å². The van der Waals surface area contributed by atoms with Crippen molar-refractivity contribution in [1.29, 1.82) is 0 Å². The van der Waals surface area contributed by atoms with Gasteiger partial charge in [0.05, 0.1) is 18.8 Å². The van der Waals surface area contributed by atoms with Crippen LogP contribution in [-0.2, 0) is 0 Å². The Bertz CT molecular complexity index is 497. The zero-order valence-corrected chi connectivity index (χ0v) is 12.6. The summed E-state index contributed by atoms with van der Waals surface area (Å²) in [4.78, 5) is 12.1. The highest BCUT2D eigenvalue weighted by Crippen LogP contribution is 2.31. The zero-order valence-electron chi connectivity index (χ0n) is 12.6. The van der Waals surface area contributed by atoms with Crippen LogP contribution in [0.25, 0.3) is 0 Å². The molecule has 0 heterocycles. The van der Waals surface area contributed by atoms with Crippen LogP contribution in [0, 0.1) is 0 Å². The van der Waals surface area contributed by atoms with E-state index >= 15 is 0 Å². The molecule has 0 bridgehead atoms. The Kier molecular flexibility index (Phi) is 5.07. The van der Waals surface area contributed by atoms with Gasteiger partial charge in [-0.15, -0.1) is 0 Å². The zero-order chi connectivity index (χ0) is 15.3. The third kappa shape index (κ3) is 3.88. The van der Waals surface area contributed by atoms with Crippen molar-refractivity contribution in [2.75, 3.05) is 19.8 Å². The Morgan fingerprint density at radius 1 is 1.24 bits per heavy atom. The van der Waals surface area contributed by atoms with Crippen molar-refractivity contribution in [3.05, 3.63) is 23.8 Å². The Hall–Kier alpha value is -1.75. The van der Waals surface area contributed by atoms with Gasteiger partial charge in [-0.2, -0.15) is 0 Å². The van der Waals surface area contributed by atoms with Crippen LogP contribution in [0.3, 0.4) is 0 Å². The normalized spacial score (nSPS) is 16.0. The van der Waals surface area contributed by atoms with E-state index in [0.29, 0.717) is 36.8 Å². The van der Waals surface area contributed by atoms with E-state index in [-0.39, 0.29) is 5.91 Å². The Labute approximate surface area is 125 Å². The molecule has 1 aliphatic rings. The van der Waals surface area contributed by atoms with Crippen molar-refractivity contribution < 1.29 is 19.4 Å². The van der Waals surface area contributed by atoms with Gasteiger partial charge in [-0.05, 0) is 51.3 Å². The molecule has 5 nitrogen and oxygen atoms in total. The molecule has 0 aromatic heterocycles. The fourth-order valence-electron chi connectivity index (χ4n) is 2.30. The maximum atomic E-state index is 12.1. The van der Waals surface area contributed by atoms with Crippen molar-refractivity contribution in [3.8, 4) is 11.5 Å². The molecular weight excluding hydrogens is 270 g/mol. The molecule has 0 unspecified atom stereocenters. The maximum Gasteiger partial charge on any atom is 0.251 e. The van der Waals surface area contributed by atoms with E-state index < -0.39 is 5.60 Å². The van der Waals surface area contributed by atoms with Crippen molar-refractivity contribution in [2.45, 2.75) is 38.7 Å². The minimum Gasteiger partial charge on any atom is -0.490 e. The first kappa shape index (κ1) is 15.6. The van der Waals surface area contributed by atoms with Gasteiger partial charge >= 0.3 is 0 Å². The number of rotatable bonds is 7. The van der Waals surface area contributed by atoms with Gasteiger partial charge in [0.2, 0.25) is 0 Å². The number of hydrogen-bond acceptors (Lipinski definition) is 4. The number of hydrogen-bond donors (Lipinski definition) is 2. The smallest absolute Gasteiger partial charge is 0.251 e. The van der Waals surface area contributed by atoms with Gasteiger partial charge in [-0.1, -0.05) is 0 Å². The predicted molar refractivity (Wildman–Crippen MR) is 79.9 cm³/mol. The fraction of sp³-hybridized carbons (Fsp3) is 0.562. The van der Waals surface area contributed by atoms with Crippen LogP contribution >= 0.6 is 0 Å². The first-order valence-electron chi connectivity index (χ1n) is 7.48. The van der Waals surface area contributed by atoms with E-state index in [4.69, 9.17) is 9.47 Å². The lowest BCUT2D eigenvalue weighted by Gasteiger charge is -2.36. The highest BCUT2D eigenvalue weighted by atomic mass is 16.5. The predicted octanol–water partition coefficient (Wildman–Crippen LogP) is 2.13. The molecule has 1 saturated carbocycles. The molecule has 1 aromatic carbocycles. The first-order valence-corrected chi connectivity index (χ1v) is 7.48. The van der Waals surface area contributed by atoms with Crippen LogP contribution in [0.15, 0.2) is 18.2 Å². The van der Waals surface area contributed by atoms with Gasteiger partial charge < -0.3 is 19.9 Å². The van der Waals surface area contributed by atoms with Crippen molar-refractivity contribution >= 4 is 5.91 Å². The molecule has 0 aliphatic heterocycles. The van der Waals surface area contributed by atoms with Gasteiger partial charge in [0.25, 0.3) is 5.91 Å². The lowest BCUT2D eigenvalue weighted by atomic mass is 9.80. The number of carbonyl (C=O) groups is 1. The summed E-state index contributed by atoms with van der Waals surface area (Å²) in [5, 5.41) is 12.8. The minimum atomic E-state index is -0.719. The molecule has 2 rings (SSSR count). The fourth-order valence-corrected chi connectivity index (χ4v) is 2.30. The van der Waals surface area contributed by atoms with Crippen LogP contribution in [0.5, 0.6) is 11.5 Å². The number of carbonyl (C=O) groups excluding carboxylic acids is 1. The molecule has 116 valence electrons. The highest BCUT2D eigenvalue weighted by Gasteiger charge is 2.34. The second-order valence-electron chi connectivity index (χ2n) is 5.29. The molecule has 1 fully saturated rings. The van der Waals surface area contributed by atoms with Crippen molar-refractivity contribution in [3.63, 3.8) is 0 Å². The van der Waals surface area contributed by atoms with Crippen molar-refractivity contribution in [2.24, 2.45) is 0 Å². The molecule has 2 N–H and O–H groups in total. The Morgan fingerprint density at radius 2 is 1.90 bits per heavy atom. The molecule has 5 heteroatoms. The monoisotopic (exact) mass is 293 g/mol. The van der Waals surface area contributed by atoms with Crippen LogP contribution in [-0.4, -0.2) is 36.4 Å². The third-order valence-corrected chi connectivity index (χ3v) is 3.67. The van der Waals surface area contributed by atoms with E-state index in [0.717, 1.165) is 19.3 Å². The summed E-state index contributed by atoms with van der Waals surface area (Å²) in [6.45, 7) is 5.12. The number of benzene rings is 1. The molecule has 1 aromatic rings. The van der Waals surface area contributed by atoms with Gasteiger partial charge in [0.15, 0.2) is 11.5 Å². The highest BCUT2D eigenvalue weighted by molar-refractivity contribution is 5.94. The van der Waals surface area contributed by atoms with E-state index in [1.54, 1.807) is 18.2 Å². The molecule has 1 amide bonds. The van der Waals surface area contributed by atoms with Crippen LogP contribution in [0.2, 0.25) is 0 Å². The summed E-state index contributed by atoms with van der Waals surface area (Å²) >= 11 is 0. The summed E-state index contributed by atoms with van der Waals surface area (Å²) in [6.07, 6.45) is 2.52. The average molecular weight is 293 g/mol. The van der Waals surface area contributed by atoms with E-state index in [1.807, 2.05) is 13.8 Å². The topological polar surface area (TPSA) is 67.8 Å². The molecule has 0 radical (unpaired) electrons.